The Morgan fingerprint density at radius 1 is 1.03 bits per heavy atom. The molecular formula is C29H37F2N3O3. The van der Waals surface area contributed by atoms with Crippen LogP contribution < -0.4 is 5.73 Å². The molecule has 4 N–H and O–H groups in total. The van der Waals surface area contributed by atoms with Crippen LogP contribution in [0.25, 0.3) is 16.6 Å². The lowest BCUT2D eigenvalue weighted by Crippen LogP contribution is -2.16. The molecule has 0 spiro atoms. The van der Waals surface area contributed by atoms with E-state index in [1.54, 1.807) is 6.07 Å². The number of rotatable bonds is 4. The monoisotopic (exact) mass is 513 g/mol. The number of nitrogen functional groups attached to an aromatic ring is 1. The number of carbonyl (C=O) groups is 1. The number of benzene rings is 2. The van der Waals surface area contributed by atoms with Crippen LogP contribution in [-0.2, 0) is 9.53 Å². The lowest BCUT2D eigenvalue weighted by Gasteiger charge is -2.24. The van der Waals surface area contributed by atoms with E-state index in [2.05, 4.69) is 6.07 Å². The number of fused-ring (bicyclic) bond motifs is 1. The normalized spacial score (nSPS) is 16.3. The van der Waals surface area contributed by atoms with E-state index in [0.717, 1.165) is 61.2 Å². The Morgan fingerprint density at radius 2 is 1.70 bits per heavy atom. The van der Waals surface area contributed by atoms with Gasteiger partial charge in [-0.1, -0.05) is 33.1 Å². The van der Waals surface area contributed by atoms with Crippen molar-refractivity contribution in [1.29, 1.82) is 5.41 Å². The first-order valence-electron chi connectivity index (χ1n) is 13.1. The van der Waals surface area contributed by atoms with E-state index in [1.807, 2.05) is 30.5 Å². The second kappa shape index (κ2) is 13.3. The second-order valence-electron chi connectivity index (χ2n) is 9.25. The fourth-order valence-electron chi connectivity index (χ4n) is 4.99. The molecule has 8 heteroatoms. The van der Waals surface area contributed by atoms with Crippen molar-refractivity contribution in [1.82, 2.24) is 4.57 Å². The third-order valence-electron chi connectivity index (χ3n) is 6.95. The minimum atomic E-state index is -0.884. The summed E-state index contributed by atoms with van der Waals surface area (Å²) in [5.74, 6) is -2.13. The first kappa shape index (κ1) is 28.3. The molecule has 200 valence electrons. The Bertz CT molecular complexity index is 1210. The van der Waals surface area contributed by atoms with Gasteiger partial charge in [0.2, 0.25) is 0 Å². The van der Waals surface area contributed by atoms with Gasteiger partial charge in [-0.15, -0.1) is 0 Å². The molecule has 3 aromatic rings. The van der Waals surface area contributed by atoms with Gasteiger partial charge in [0.1, 0.15) is 0 Å². The molecule has 1 saturated heterocycles. The number of carboxylic acids is 1. The van der Waals surface area contributed by atoms with Crippen molar-refractivity contribution in [3.8, 4) is 5.69 Å². The van der Waals surface area contributed by atoms with Gasteiger partial charge in [-0.05, 0) is 56.0 Å². The molecule has 1 aliphatic heterocycles. The molecule has 0 unspecified atom stereocenters. The average molecular weight is 514 g/mol. The number of nitrogens with two attached hydrogens (primary N) is 1. The molecule has 1 saturated carbocycles. The van der Waals surface area contributed by atoms with Crippen molar-refractivity contribution in [2.24, 2.45) is 5.92 Å². The number of halogens is 2. The summed E-state index contributed by atoms with van der Waals surface area (Å²) in [6.45, 7) is 5.36. The molecule has 1 aromatic heterocycles. The van der Waals surface area contributed by atoms with Gasteiger partial charge in [0, 0.05) is 59.4 Å². The Balaban J connectivity index is 0.000000291. The molecule has 2 heterocycles. The molecule has 5 rings (SSSR count). The van der Waals surface area contributed by atoms with E-state index in [4.69, 9.17) is 21.0 Å². The van der Waals surface area contributed by atoms with E-state index in [9.17, 15) is 13.6 Å². The number of nitrogens with one attached hydrogen (secondary N) is 1. The summed E-state index contributed by atoms with van der Waals surface area (Å²) in [4.78, 5) is 10.4. The van der Waals surface area contributed by atoms with E-state index in [0.29, 0.717) is 30.2 Å². The number of anilines is 1. The summed E-state index contributed by atoms with van der Waals surface area (Å²) in [5, 5.41) is 17.0. The van der Waals surface area contributed by atoms with Crippen LogP contribution in [0, 0.1) is 23.0 Å². The summed E-state index contributed by atoms with van der Waals surface area (Å²) < 4.78 is 34.7. The molecule has 0 amide bonds. The minimum absolute atomic E-state index is 0.0289. The highest BCUT2D eigenvalue weighted by atomic mass is 19.2. The maximum atomic E-state index is 13.9. The van der Waals surface area contributed by atoms with Gasteiger partial charge in [-0.25, -0.2) is 8.78 Å². The van der Waals surface area contributed by atoms with Crippen LogP contribution in [0.5, 0.6) is 0 Å². The number of ether oxygens (including phenoxy) is 1. The molecule has 2 aliphatic rings. The van der Waals surface area contributed by atoms with Crippen molar-refractivity contribution in [2.45, 2.75) is 64.7 Å². The predicted octanol–water partition coefficient (Wildman–Crippen LogP) is 7.06. The maximum Gasteiger partial charge on any atom is 0.306 e. The third kappa shape index (κ3) is 6.74. The van der Waals surface area contributed by atoms with Gasteiger partial charge < -0.3 is 25.6 Å². The van der Waals surface area contributed by atoms with Crippen LogP contribution in [0.1, 0.15) is 76.0 Å². The zero-order valence-corrected chi connectivity index (χ0v) is 21.6. The van der Waals surface area contributed by atoms with Gasteiger partial charge in [-0.2, -0.15) is 0 Å². The first-order valence-corrected chi connectivity index (χ1v) is 13.1. The molecule has 2 aromatic carbocycles. The lowest BCUT2D eigenvalue weighted by molar-refractivity contribution is -0.142. The maximum absolute atomic E-state index is 13.9. The summed E-state index contributed by atoms with van der Waals surface area (Å²) in [6.07, 6.45) is 8.17. The third-order valence-corrected chi connectivity index (χ3v) is 6.95. The van der Waals surface area contributed by atoms with Crippen molar-refractivity contribution < 1.29 is 23.4 Å². The number of nitrogens with zero attached hydrogens (tertiary/aromatic N) is 1. The van der Waals surface area contributed by atoms with Crippen LogP contribution in [0.15, 0.2) is 36.4 Å². The highest BCUT2D eigenvalue weighted by Gasteiger charge is 2.23. The molecule has 0 bridgehead atoms. The molecule has 2 fully saturated rings. The quantitative estimate of drug-likeness (QED) is 0.257. The smallest absolute Gasteiger partial charge is 0.306 e. The summed E-state index contributed by atoms with van der Waals surface area (Å²) in [5.41, 5.74) is 9.55. The number of aromatic nitrogens is 1. The zero-order chi connectivity index (χ0) is 26.9. The zero-order valence-electron chi connectivity index (χ0n) is 21.6. The first-order chi connectivity index (χ1) is 17.9. The summed E-state index contributed by atoms with van der Waals surface area (Å²) >= 11 is 0. The SMILES string of the molecule is CC.N=Cc1cc2c(cc1N)cc(C1CCOCC1)n2-c1ccc(F)c(F)c1.O=C(O)C1CCCCC1. The topological polar surface area (TPSA) is 101 Å². The van der Waals surface area contributed by atoms with Crippen molar-refractivity contribution >= 4 is 28.8 Å². The average Bonchev–Trinajstić information content (AvgIpc) is 3.30. The number of hydrogen-bond donors (Lipinski definition) is 3. The molecule has 37 heavy (non-hydrogen) atoms. The Labute approximate surface area is 216 Å². The fourth-order valence-corrected chi connectivity index (χ4v) is 4.99. The van der Waals surface area contributed by atoms with E-state index in [-0.39, 0.29) is 11.8 Å². The van der Waals surface area contributed by atoms with E-state index < -0.39 is 17.6 Å². The molecule has 0 radical (unpaired) electrons. The van der Waals surface area contributed by atoms with Crippen LogP contribution in [-0.4, -0.2) is 35.1 Å². The molecule has 1 aliphatic carbocycles. The van der Waals surface area contributed by atoms with Gasteiger partial charge in [0.25, 0.3) is 0 Å². The number of aliphatic carboxylic acids is 1. The van der Waals surface area contributed by atoms with Gasteiger partial charge in [0.15, 0.2) is 11.6 Å². The Hall–Kier alpha value is -3.26. The number of carboxylic acid groups (broad SMARTS) is 1. The van der Waals surface area contributed by atoms with Crippen molar-refractivity contribution in [3.63, 3.8) is 0 Å². The molecule has 6 nitrogen and oxygen atoms in total. The summed E-state index contributed by atoms with van der Waals surface area (Å²) in [7, 11) is 0. The lowest BCUT2D eigenvalue weighted by atomic mass is 9.90. The second-order valence-corrected chi connectivity index (χ2v) is 9.25. The fraction of sp³-hybridized carbons (Fsp3) is 0.448. The Morgan fingerprint density at radius 3 is 2.27 bits per heavy atom. The van der Waals surface area contributed by atoms with Crippen molar-refractivity contribution in [2.75, 3.05) is 18.9 Å². The van der Waals surface area contributed by atoms with Crippen LogP contribution in [0.3, 0.4) is 0 Å². The minimum Gasteiger partial charge on any atom is -0.481 e. The highest BCUT2D eigenvalue weighted by molar-refractivity contribution is 5.96. The largest absolute Gasteiger partial charge is 0.481 e. The summed E-state index contributed by atoms with van der Waals surface area (Å²) in [6, 6.07) is 9.62. The van der Waals surface area contributed by atoms with Crippen molar-refractivity contribution in [3.05, 3.63) is 59.3 Å². The molecule has 0 atom stereocenters. The molecular weight excluding hydrogens is 476 g/mol. The highest BCUT2D eigenvalue weighted by Crippen LogP contribution is 2.36. The van der Waals surface area contributed by atoms with Gasteiger partial charge in [-0.3, -0.25) is 4.79 Å². The van der Waals surface area contributed by atoms with Gasteiger partial charge in [0.05, 0.1) is 11.4 Å². The van der Waals surface area contributed by atoms with Gasteiger partial charge >= 0.3 is 5.97 Å². The van der Waals surface area contributed by atoms with Crippen LogP contribution in [0.4, 0.5) is 14.5 Å². The van der Waals surface area contributed by atoms with Crippen LogP contribution >= 0.6 is 0 Å². The van der Waals surface area contributed by atoms with E-state index in [1.165, 1.54) is 18.7 Å². The predicted molar refractivity (Wildman–Crippen MR) is 144 cm³/mol. The number of hydrogen-bond acceptors (Lipinski definition) is 4. The standard InChI is InChI=1S/C20H19F2N3O.C7H12O2.C2H6/c21-16-2-1-15(10-17(16)22)25-19(12-3-5-26-6-4-12)8-13-7-18(24)14(11-23)9-20(13)25;8-7(9)6-4-2-1-3-5-6;1-2/h1-2,7-12,23H,3-6,24H2;6H,1-5H2,(H,8,9);1-2H3. The van der Waals surface area contributed by atoms with Crippen LogP contribution in [0.2, 0.25) is 0 Å². The van der Waals surface area contributed by atoms with E-state index >= 15 is 0 Å². The Kier molecular flexibility index (Phi) is 10.2.